The van der Waals surface area contributed by atoms with Crippen molar-refractivity contribution in [3.05, 3.63) is 28.5 Å². The van der Waals surface area contributed by atoms with Gasteiger partial charge in [-0.1, -0.05) is 28.8 Å². The predicted molar refractivity (Wildman–Crippen MR) is 74.6 cm³/mol. The summed E-state index contributed by atoms with van der Waals surface area (Å²) in [6.07, 6.45) is 3.64. The first kappa shape index (κ1) is 14.3. The number of hydrogen-bond donors (Lipinski definition) is 1. The van der Waals surface area contributed by atoms with Crippen LogP contribution in [-0.4, -0.2) is 18.1 Å². The summed E-state index contributed by atoms with van der Waals surface area (Å²) in [7, 11) is 0. The summed E-state index contributed by atoms with van der Waals surface area (Å²) in [4.78, 5) is 11.9. The molecule has 5 heteroatoms. The highest BCUT2D eigenvalue weighted by Crippen LogP contribution is 2.23. The monoisotopic (exact) mass is 329 g/mol. The van der Waals surface area contributed by atoms with Gasteiger partial charge in [-0.2, -0.15) is 0 Å². The van der Waals surface area contributed by atoms with Gasteiger partial charge in [-0.05, 0) is 38.0 Å². The number of halogens is 2. The lowest BCUT2D eigenvalue weighted by molar-refractivity contribution is -0.128. The summed E-state index contributed by atoms with van der Waals surface area (Å²) < 4.78 is 19.6. The van der Waals surface area contributed by atoms with Crippen molar-refractivity contribution in [1.29, 1.82) is 0 Å². The van der Waals surface area contributed by atoms with Crippen LogP contribution in [0.25, 0.3) is 0 Å². The van der Waals surface area contributed by atoms with Gasteiger partial charge < -0.3 is 10.1 Å². The molecule has 1 atom stereocenters. The van der Waals surface area contributed by atoms with Crippen molar-refractivity contribution < 1.29 is 13.9 Å². The van der Waals surface area contributed by atoms with Crippen LogP contribution in [0.2, 0.25) is 0 Å². The fourth-order valence-corrected chi connectivity index (χ4v) is 2.54. The van der Waals surface area contributed by atoms with E-state index in [2.05, 4.69) is 21.2 Å². The standard InChI is InChI=1S/C14H17BrFNO2/c1-9(14(18)17-11-4-2-3-5-11)19-13-8-10(15)6-7-12(13)16/h6-9,11H,2-5H2,1H3,(H,17,18). The smallest absolute Gasteiger partial charge is 0.260 e. The molecule has 0 bridgehead atoms. The maximum Gasteiger partial charge on any atom is 0.260 e. The van der Waals surface area contributed by atoms with Crippen LogP contribution >= 0.6 is 15.9 Å². The molecule has 0 aromatic heterocycles. The van der Waals surface area contributed by atoms with Crippen molar-refractivity contribution in [2.45, 2.75) is 44.8 Å². The molecule has 3 nitrogen and oxygen atoms in total. The lowest BCUT2D eigenvalue weighted by atomic mass is 10.2. The Labute approximate surface area is 120 Å². The molecule has 1 fully saturated rings. The Morgan fingerprint density at radius 3 is 2.84 bits per heavy atom. The number of carbonyl (C=O) groups is 1. The Balaban J connectivity index is 1.93. The molecule has 0 aliphatic heterocycles. The second kappa shape index (κ2) is 6.37. The Morgan fingerprint density at radius 1 is 1.47 bits per heavy atom. The summed E-state index contributed by atoms with van der Waals surface area (Å²) in [5.74, 6) is -0.571. The van der Waals surface area contributed by atoms with Gasteiger partial charge in [-0.15, -0.1) is 0 Å². The quantitative estimate of drug-likeness (QED) is 0.919. The van der Waals surface area contributed by atoms with E-state index in [4.69, 9.17) is 4.74 Å². The SMILES string of the molecule is CC(Oc1cc(Br)ccc1F)C(=O)NC1CCCC1. The molecule has 19 heavy (non-hydrogen) atoms. The van der Waals surface area contributed by atoms with E-state index in [1.54, 1.807) is 13.0 Å². The van der Waals surface area contributed by atoms with Gasteiger partial charge >= 0.3 is 0 Å². The Bertz CT molecular complexity index is 461. The molecular formula is C14H17BrFNO2. The zero-order valence-electron chi connectivity index (χ0n) is 10.8. The third kappa shape index (κ3) is 3.93. The molecule has 1 aromatic carbocycles. The molecule has 1 unspecified atom stereocenters. The molecule has 0 heterocycles. The lowest BCUT2D eigenvalue weighted by Crippen LogP contribution is -2.41. The second-order valence-corrected chi connectivity index (χ2v) is 5.74. The van der Waals surface area contributed by atoms with Crippen molar-refractivity contribution in [2.24, 2.45) is 0 Å². The van der Waals surface area contributed by atoms with Crippen molar-refractivity contribution in [3.8, 4) is 5.75 Å². The number of ether oxygens (including phenoxy) is 1. The molecule has 0 spiro atoms. The molecule has 1 aliphatic carbocycles. The minimum Gasteiger partial charge on any atom is -0.478 e. The molecule has 104 valence electrons. The largest absolute Gasteiger partial charge is 0.478 e. The normalized spacial score (nSPS) is 17.2. The molecule has 1 amide bonds. The third-order valence-electron chi connectivity index (χ3n) is 3.27. The number of rotatable bonds is 4. The van der Waals surface area contributed by atoms with Crippen LogP contribution in [0, 0.1) is 5.82 Å². The van der Waals surface area contributed by atoms with E-state index < -0.39 is 11.9 Å². The van der Waals surface area contributed by atoms with E-state index in [1.807, 2.05) is 0 Å². The van der Waals surface area contributed by atoms with E-state index in [0.717, 1.165) is 25.7 Å². The fourth-order valence-electron chi connectivity index (χ4n) is 2.20. The average molecular weight is 330 g/mol. The highest BCUT2D eigenvalue weighted by Gasteiger charge is 2.22. The van der Waals surface area contributed by atoms with E-state index in [-0.39, 0.29) is 17.7 Å². The number of benzene rings is 1. The van der Waals surface area contributed by atoms with Crippen molar-refractivity contribution in [2.75, 3.05) is 0 Å². The molecular weight excluding hydrogens is 313 g/mol. The fraction of sp³-hybridized carbons (Fsp3) is 0.500. The summed E-state index contributed by atoms with van der Waals surface area (Å²) in [6.45, 7) is 1.63. The van der Waals surface area contributed by atoms with Crippen LogP contribution in [0.15, 0.2) is 22.7 Å². The molecule has 0 radical (unpaired) electrons. The highest BCUT2D eigenvalue weighted by atomic mass is 79.9. The van der Waals surface area contributed by atoms with Crippen LogP contribution in [0.3, 0.4) is 0 Å². The Kier molecular flexibility index (Phi) is 4.80. The Morgan fingerprint density at radius 2 is 2.16 bits per heavy atom. The molecule has 1 saturated carbocycles. The van der Waals surface area contributed by atoms with Gasteiger partial charge in [0.1, 0.15) is 0 Å². The molecule has 0 saturated heterocycles. The minimum atomic E-state index is -0.704. The molecule has 1 aliphatic rings. The number of carbonyl (C=O) groups excluding carboxylic acids is 1. The zero-order chi connectivity index (χ0) is 13.8. The average Bonchev–Trinajstić information content (AvgIpc) is 2.86. The number of nitrogens with one attached hydrogen (secondary N) is 1. The van der Waals surface area contributed by atoms with Crippen LogP contribution in [0.4, 0.5) is 4.39 Å². The molecule has 1 N–H and O–H groups in total. The predicted octanol–water partition coefficient (Wildman–Crippen LogP) is 3.41. The van der Waals surface area contributed by atoms with Crippen LogP contribution in [0.1, 0.15) is 32.6 Å². The molecule has 2 rings (SSSR count). The number of hydrogen-bond acceptors (Lipinski definition) is 2. The van der Waals surface area contributed by atoms with Crippen LogP contribution < -0.4 is 10.1 Å². The first-order valence-electron chi connectivity index (χ1n) is 6.48. The maximum atomic E-state index is 13.5. The van der Waals surface area contributed by atoms with Crippen LogP contribution in [0.5, 0.6) is 5.75 Å². The lowest BCUT2D eigenvalue weighted by Gasteiger charge is -2.18. The minimum absolute atomic E-state index is 0.0865. The van der Waals surface area contributed by atoms with Crippen LogP contribution in [-0.2, 0) is 4.79 Å². The summed E-state index contributed by atoms with van der Waals surface area (Å²) in [5.41, 5.74) is 0. The van der Waals surface area contributed by atoms with Crippen molar-refractivity contribution >= 4 is 21.8 Å². The van der Waals surface area contributed by atoms with E-state index >= 15 is 0 Å². The Hall–Kier alpha value is -1.10. The van der Waals surface area contributed by atoms with E-state index in [1.165, 1.54) is 12.1 Å². The highest BCUT2D eigenvalue weighted by molar-refractivity contribution is 9.10. The van der Waals surface area contributed by atoms with Gasteiger partial charge in [0.25, 0.3) is 5.91 Å². The van der Waals surface area contributed by atoms with Gasteiger partial charge in [0.05, 0.1) is 0 Å². The first-order valence-corrected chi connectivity index (χ1v) is 7.27. The van der Waals surface area contributed by atoms with Gasteiger partial charge in [0, 0.05) is 10.5 Å². The third-order valence-corrected chi connectivity index (χ3v) is 3.76. The van der Waals surface area contributed by atoms with Gasteiger partial charge in [-0.3, -0.25) is 4.79 Å². The summed E-state index contributed by atoms with van der Waals surface area (Å²) in [6, 6.07) is 4.66. The molecule has 1 aromatic rings. The summed E-state index contributed by atoms with van der Waals surface area (Å²) in [5, 5.41) is 2.93. The topological polar surface area (TPSA) is 38.3 Å². The second-order valence-electron chi connectivity index (χ2n) is 4.82. The van der Waals surface area contributed by atoms with Gasteiger partial charge in [-0.25, -0.2) is 4.39 Å². The summed E-state index contributed by atoms with van der Waals surface area (Å²) >= 11 is 3.25. The van der Waals surface area contributed by atoms with Crippen molar-refractivity contribution in [1.82, 2.24) is 5.32 Å². The van der Waals surface area contributed by atoms with E-state index in [9.17, 15) is 9.18 Å². The van der Waals surface area contributed by atoms with Gasteiger partial charge in [0.15, 0.2) is 17.7 Å². The van der Waals surface area contributed by atoms with E-state index in [0.29, 0.717) is 4.47 Å². The van der Waals surface area contributed by atoms with Crippen molar-refractivity contribution in [3.63, 3.8) is 0 Å². The number of amides is 1. The maximum absolute atomic E-state index is 13.5. The zero-order valence-corrected chi connectivity index (χ0v) is 12.4. The first-order chi connectivity index (χ1) is 9.06. The van der Waals surface area contributed by atoms with Gasteiger partial charge in [0.2, 0.25) is 0 Å².